The average molecular weight is 456 g/mol. The molecule has 0 atom stereocenters. The van der Waals surface area contributed by atoms with E-state index < -0.39 is 15.1 Å². The largest absolute Gasteiger partial charge is 0.495 e. The van der Waals surface area contributed by atoms with E-state index in [1.165, 1.54) is 19.2 Å². The molecule has 0 spiro atoms. The van der Waals surface area contributed by atoms with Crippen LogP contribution in [0.5, 0.6) is 5.75 Å². The number of benzene rings is 2. The third-order valence-corrected chi connectivity index (χ3v) is 8.21. The summed E-state index contributed by atoms with van der Waals surface area (Å²) < 4.78 is 51.4. The van der Waals surface area contributed by atoms with E-state index in [1.807, 2.05) is 0 Å². The number of halogens is 1. The molecule has 0 aliphatic carbocycles. The summed E-state index contributed by atoms with van der Waals surface area (Å²) in [6.45, 7) is 1.30. The zero-order valence-electron chi connectivity index (χ0n) is 17.5. The summed E-state index contributed by atoms with van der Waals surface area (Å²) in [5, 5.41) is 3.34. The number of hydrogen-bond donors (Lipinski definition) is 1. The first-order valence-corrected chi connectivity index (χ1v) is 11.9. The van der Waals surface area contributed by atoms with Gasteiger partial charge in [-0.05, 0) is 42.7 Å². The topological polar surface area (TPSA) is 89.9 Å². The third-order valence-electron chi connectivity index (χ3n) is 5.93. The summed E-state index contributed by atoms with van der Waals surface area (Å²) in [5.74, 6) is 0.463. The molecule has 32 heavy (non-hydrogen) atoms. The molecule has 0 amide bonds. The summed E-state index contributed by atoms with van der Waals surface area (Å²) in [4.78, 5) is 9.01. The molecule has 0 bridgehead atoms. The van der Waals surface area contributed by atoms with Gasteiger partial charge in [0.25, 0.3) is 0 Å². The van der Waals surface area contributed by atoms with Crippen molar-refractivity contribution in [2.24, 2.45) is 4.99 Å². The average Bonchev–Trinajstić information content (AvgIpc) is 3.20. The fourth-order valence-corrected chi connectivity index (χ4v) is 6.08. The molecule has 7 nitrogen and oxygen atoms in total. The molecule has 1 saturated heterocycles. The Morgan fingerprint density at radius 2 is 1.97 bits per heavy atom. The highest BCUT2D eigenvalue weighted by atomic mass is 32.2. The maximum absolute atomic E-state index is 13.8. The lowest BCUT2D eigenvalue weighted by Gasteiger charge is -2.23. The molecular weight excluding hydrogens is 433 g/mol. The number of nitrogens with one attached hydrogen (secondary N) is 1. The summed E-state index contributed by atoms with van der Waals surface area (Å²) in [5.41, 5.74) is 2.84. The molecule has 2 aliphatic rings. The number of sulfone groups is 1. The van der Waals surface area contributed by atoms with Gasteiger partial charge in [0.05, 0.1) is 30.1 Å². The molecule has 166 valence electrons. The Bertz CT molecular complexity index is 1330. The number of aliphatic imine (C=N–C) groups is 1. The second-order valence-corrected chi connectivity index (χ2v) is 10.0. The van der Waals surface area contributed by atoms with E-state index in [1.54, 1.807) is 30.5 Å². The normalized spacial score (nSPS) is 16.6. The summed E-state index contributed by atoms with van der Waals surface area (Å²) in [6, 6.07) is 9.57. The number of fused-ring (bicyclic) bond motifs is 2. The van der Waals surface area contributed by atoms with Gasteiger partial charge in [0.1, 0.15) is 22.3 Å². The van der Waals surface area contributed by atoms with Gasteiger partial charge < -0.3 is 14.8 Å². The standard InChI is InChI=1S/C23H22FN3O4S/c1-30-21-12-20-18(11-22(21)32(28,29)16-5-8-31-9-6-16)19(4-7-25-20)27-23-17-10-15(24)3-2-14(17)13-26-23/h2-4,7,10-12,16H,5-6,8-9,13H2,1H3,(H,25,26,27). The van der Waals surface area contributed by atoms with Gasteiger partial charge in [-0.25, -0.2) is 12.8 Å². The maximum atomic E-state index is 13.8. The predicted octanol–water partition coefficient (Wildman–Crippen LogP) is 3.71. The van der Waals surface area contributed by atoms with E-state index in [2.05, 4.69) is 15.3 Å². The smallest absolute Gasteiger partial charge is 0.185 e. The van der Waals surface area contributed by atoms with Crippen LogP contribution < -0.4 is 10.1 Å². The van der Waals surface area contributed by atoms with Crippen LogP contribution in [0, 0.1) is 5.82 Å². The number of methoxy groups -OCH3 is 1. The zero-order valence-corrected chi connectivity index (χ0v) is 18.3. The minimum absolute atomic E-state index is 0.134. The fourth-order valence-electron chi connectivity index (χ4n) is 4.20. The van der Waals surface area contributed by atoms with Crippen LogP contribution in [-0.2, 0) is 21.1 Å². The van der Waals surface area contributed by atoms with E-state index >= 15 is 0 Å². The van der Waals surface area contributed by atoms with Crippen molar-refractivity contribution in [2.75, 3.05) is 25.6 Å². The third kappa shape index (κ3) is 3.61. The minimum atomic E-state index is -3.63. The van der Waals surface area contributed by atoms with Crippen LogP contribution in [-0.4, -0.2) is 44.8 Å². The molecule has 1 aromatic heterocycles. The quantitative estimate of drug-likeness (QED) is 0.645. The van der Waals surface area contributed by atoms with Gasteiger partial charge in [-0.1, -0.05) is 6.07 Å². The molecule has 3 aromatic rings. The van der Waals surface area contributed by atoms with Gasteiger partial charge in [-0.2, -0.15) is 0 Å². The second kappa shape index (κ2) is 8.14. The van der Waals surface area contributed by atoms with Crippen LogP contribution in [0.3, 0.4) is 0 Å². The molecule has 1 fully saturated rings. The highest BCUT2D eigenvalue weighted by molar-refractivity contribution is 7.92. The number of ether oxygens (including phenoxy) is 2. The van der Waals surface area contributed by atoms with Crippen LogP contribution in [0.4, 0.5) is 10.1 Å². The number of aromatic nitrogens is 1. The molecule has 5 rings (SSSR count). The van der Waals surface area contributed by atoms with Crippen LogP contribution in [0.2, 0.25) is 0 Å². The van der Waals surface area contributed by atoms with Gasteiger partial charge in [-0.3, -0.25) is 9.98 Å². The number of anilines is 1. The Morgan fingerprint density at radius 3 is 2.75 bits per heavy atom. The van der Waals surface area contributed by atoms with E-state index in [0.29, 0.717) is 60.6 Å². The molecular formula is C23H22FN3O4S. The molecule has 9 heteroatoms. The van der Waals surface area contributed by atoms with Crippen molar-refractivity contribution < 1.29 is 22.3 Å². The predicted molar refractivity (Wildman–Crippen MR) is 120 cm³/mol. The lowest BCUT2D eigenvalue weighted by atomic mass is 10.1. The Labute approximate surface area is 185 Å². The van der Waals surface area contributed by atoms with Crippen LogP contribution in [0.25, 0.3) is 10.9 Å². The highest BCUT2D eigenvalue weighted by Gasteiger charge is 2.32. The summed E-state index contributed by atoms with van der Waals surface area (Å²) in [7, 11) is -2.19. The zero-order chi connectivity index (χ0) is 22.3. The molecule has 2 aliphatic heterocycles. The first-order chi connectivity index (χ1) is 15.5. The number of rotatable bonds is 4. The second-order valence-electron chi connectivity index (χ2n) is 7.83. The maximum Gasteiger partial charge on any atom is 0.185 e. The molecule has 0 saturated carbocycles. The van der Waals surface area contributed by atoms with Gasteiger partial charge >= 0.3 is 0 Å². The lowest BCUT2D eigenvalue weighted by molar-refractivity contribution is 0.0983. The van der Waals surface area contributed by atoms with Crippen molar-refractivity contribution in [3.63, 3.8) is 0 Å². The minimum Gasteiger partial charge on any atom is -0.495 e. The number of hydrogen-bond acceptors (Lipinski definition) is 7. The number of pyridine rings is 1. The summed E-state index contributed by atoms with van der Waals surface area (Å²) >= 11 is 0. The fraction of sp³-hybridized carbons (Fsp3) is 0.304. The van der Waals surface area contributed by atoms with Gasteiger partial charge in [0.2, 0.25) is 0 Å². The lowest BCUT2D eigenvalue weighted by Crippen LogP contribution is -2.29. The first-order valence-electron chi connectivity index (χ1n) is 10.4. The van der Waals surface area contributed by atoms with Crippen LogP contribution in [0.15, 0.2) is 52.5 Å². The van der Waals surface area contributed by atoms with E-state index in [4.69, 9.17) is 9.47 Å². The van der Waals surface area contributed by atoms with Gasteiger partial charge in [-0.15, -0.1) is 0 Å². The van der Waals surface area contributed by atoms with E-state index in [0.717, 1.165) is 5.56 Å². The molecule has 3 heterocycles. The Hall–Kier alpha value is -3.04. The van der Waals surface area contributed by atoms with Crippen molar-refractivity contribution in [3.8, 4) is 5.75 Å². The van der Waals surface area contributed by atoms with Crippen LogP contribution >= 0.6 is 0 Å². The SMILES string of the molecule is COc1cc2nccc(NC3=NCc4ccc(F)cc43)c2cc1S(=O)(=O)C1CCOCC1. The van der Waals surface area contributed by atoms with Crippen molar-refractivity contribution in [2.45, 2.75) is 29.5 Å². The molecule has 1 N–H and O–H groups in total. The number of nitrogens with zero attached hydrogens (tertiary/aromatic N) is 2. The molecule has 0 unspecified atom stereocenters. The highest BCUT2D eigenvalue weighted by Crippen LogP contribution is 2.36. The first kappa shape index (κ1) is 20.8. The van der Waals surface area contributed by atoms with E-state index in [9.17, 15) is 12.8 Å². The van der Waals surface area contributed by atoms with Gasteiger partial charge in [0, 0.05) is 36.4 Å². The van der Waals surface area contributed by atoms with Crippen molar-refractivity contribution in [1.29, 1.82) is 0 Å². The van der Waals surface area contributed by atoms with E-state index in [-0.39, 0.29) is 16.5 Å². The van der Waals surface area contributed by atoms with Crippen molar-refractivity contribution >= 4 is 32.3 Å². The van der Waals surface area contributed by atoms with Crippen molar-refractivity contribution in [1.82, 2.24) is 4.98 Å². The number of amidine groups is 1. The molecule has 2 aromatic carbocycles. The monoisotopic (exact) mass is 455 g/mol. The Balaban J connectivity index is 1.59. The van der Waals surface area contributed by atoms with Crippen molar-refractivity contribution in [3.05, 3.63) is 59.5 Å². The Kier molecular flexibility index (Phi) is 5.30. The Morgan fingerprint density at radius 1 is 1.16 bits per heavy atom. The molecule has 0 radical (unpaired) electrons. The van der Waals surface area contributed by atoms with Crippen LogP contribution in [0.1, 0.15) is 24.0 Å². The van der Waals surface area contributed by atoms with Gasteiger partial charge in [0.15, 0.2) is 9.84 Å². The summed E-state index contributed by atoms with van der Waals surface area (Å²) in [6.07, 6.45) is 2.51.